The van der Waals surface area contributed by atoms with Crippen molar-refractivity contribution in [3.63, 3.8) is 0 Å². The molecule has 0 aromatic rings. The first-order valence-electron chi connectivity index (χ1n) is 8.16. The second-order valence-corrected chi connectivity index (χ2v) is 6.70. The fourth-order valence-corrected chi connectivity index (χ4v) is 2.85. The Balaban J connectivity index is 2.62. The minimum atomic E-state index is 0.271. The van der Waals surface area contributed by atoms with Crippen LogP contribution in [0.1, 0.15) is 53.4 Å². The van der Waals surface area contributed by atoms with Gasteiger partial charge in [0.05, 0.1) is 0 Å². The Morgan fingerprint density at radius 2 is 2.10 bits per heavy atom. The van der Waals surface area contributed by atoms with E-state index >= 15 is 0 Å². The van der Waals surface area contributed by atoms with Crippen LogP contribution in [0, 0.1) is 11.3 Å². The lowest BCUT2D eigenvalue weighted by Crippen LogP contribution is -2.41. The van der Waals surface area contributed by atoms with Crippen LogP contribution in [0.3, 0.4) is 0 Å². The third kappa shape index (κ3) is 5.70. The molecule has 0 aliphatic carbocycles. The Bertz CT molecular complexity index is 296. The zero-order valence-corrected chi connectivity index (χ0v) is 13.8. The van der Waals surface area contributed by atoms with Crippen molar-refractivity contribution in [1.29, 1.82) is 0 Å². The van der Waals surface area contributed by atoms with Crippen molar-refractivity contribution in [1.82, 2.24) is 10.2 Å². The average Bonchev–Trinajstić information content (AvgIpc) is 2.75. The van der Waals surface area contributed by atoms with Crippen molar-refractivity contribution in [3.8, 4) is 0 Å². The zero-order chi connectivity index (χ0) is 15.0. The molecule has 1 saturated heterocycles. The van der Waals surface area contributed by atoms with Gasteiger partial charge in [0.1, 0.15) is 0 Å². The van der Waals surface area contributed by atoms with E-state index in [2.05, 4.69) is 37.9 Å². The highest BCUT2D eigenvalue weighted by atomic mass is 16.3. The molecule has 4 nitrogen and oxygen atoms in total. The third-order valence-corrected chi connectivity index (χ3v) is 4.05. The van der Waals surface area contributed by atoms with Gasteiger partial charge in [-0.3, -0.25) is 4.99 Å². The molecule has 4 heteroatoms. The molecule has 2 N–H and O–H groups in total. The summed E-state index contributed by atoms with van der Waals surface area (Å²) >= 11 is 0. The Morgan fingerprint density at radius 1 is 1.35 bits per heavy atom. The van der Waals surface area contributed by atoms with Gasteiger partial charge < -0.3 is 15.3 Å². The van der Waals surface area contributed by atoms with Crippen molar-refractivity contribution in [2.24, 2.45) is 16.3 Å². The molecule has 118 valence electrons. The topological polar surface area (TPSA) is 47.9 Å². The molecular formula is C16H33N3O. The summed E-state index contributed by atoms with van der Waals surface area (Å²) in [6, 6.07) is 0. The number of nitrogens with one attached hydrogen (secondary N) is 1. The maximum Gasteiger partial charge on any atom is 0.193 e. The molecule has 1 atom stereocenters. The summed E-state index contributed by atoms with van der Waals surface area (Å²) < 4.78 is 0. The molecule has 0 aromatic carbocycles. The first kappa shape index (κ1) is 17.3. The van der Waals surface area contributed by atoms with Gasteiger partial charge in [-0.15, -0.1) is 0 Å². The number of aliphatic hydroxyl groups is 1. The zero-order valence-electron chi connectivity index (χ0n) is 13.8. The van der Waals surface area contributed by atoms with E-state index < -0.39 is 0 Å². The van der Waals surface area contributed by atoms with Crippen LogP contribution in [0.2, 0.25) is 0 Å². The van der Waals surface area contributed by atoms with Crippen molar-refractivity contribution in [2.45, 2.75) is 53.4 Å². The van der Waals surface area contributed by atoms with Crippen LogP contribution in [0.4, 0.5) is 0 Å². The van der Waals surface area contributed by atoms with Crippen molar-refractivity contribution >= 4 is 5.96 Å². The molecule has 0 spiro atoms. The molecule has 1 aliphatic rings. The van der Waals surface area contributed by atoms with Crippen LogP contribution < -0.4 is 5.32 Å². The SMILES string of the molecule is CCCC(CCO)CN=C(NCC)N1CCC(C)(C)C1. The Kier molecular flexibility index (Phi) is 7.35. The highest BCUT2D eigenvalue weighted by Crippen LogP contribution is 2.28. The van der Waals surface area contributed by atoms with Crippen molar-refractivity contribution in [2.75, 3.05) is 32.8 Å². The van der Waals surface area contributed by atoms with E-state index in [1.807, 2.05) is 0 Å². The smallest absolute Gasteiger partial charge is 0.193 e. The van der Waals surface area contributed by atoms with Crippen LogP contribution in [0.5, 0.6) is 0 Å². The number of likely N-dealkylation sites (tertiary alicyclic amines) is 1. The monoisotopic (exact) mass is 283 g/mol. The summed E-state index contributed by atoms with van der Waals surface area (Å²) in [7, 11) is 0. The number of hydrogen-bond donors (Lipinski definition) is 2. The van der Waals surface area contributed by atoms with Gasteiger partial charge in [0.15, 0.2) is 5.96 Å². The maximum absolute atomic E-state index is 9.14. The Labute approximate surface area is 124 Å². The molecule has 1 aliphatic heterocycles. The summed E-state index contributed by atoms with van der Waals surface area (Å²) in [6.45, 7) is 13.1. The van der Waals surface area contributed by atoms with E-state index in [1.165, 1.54) is 6.42 Å². The second kappa shape index (κ2) is 8.50. The number of aliphatic imine (C=N–C) groups is 1. The molecule has 1 unspecified atom stereocenters. The summed E-state index contributed by atoms with van der Waals surface area (Å²) in [5.74, 6) is 1.56. The highest BCUT2D eigenvalue weighted by molar-refractivity contribution is 5.80. The predicted molar refractivity (Wildman–Crippen MR) is 86.1 cm³/mol. The molecule has 0 radical (unpaired) electrons. The summed E-state index contributed by atoms with van der Waals surface area (Å²) in [5, 5.41) is 12.6. The Morgan fingerprint density at radius 3 is 2.60 bits per heavy atom. The maximum atomic E-state index is 9.14. The number of aliphatic hydroxyl groups excluding tert-OH is 1. The molecule has 0 bridgehead atoms. The van der Waals surface area contributed by atoms with Crippen LogP contribution in [-0.2, 0) is 0 Å². The van der Waals surface area contributed by atoms with Gasteiger partial charge in [0.2, 0.25) is 0 Å². The van der Waals surface area contributed by atoms with E-state index in [9.17, 15) is 0 Å². The van der Waals surface area contributed by atoms with Gasteiger partial charge in [-0.25, -0.2) is 0 Å². The van der Waals surface area contributed by atoms with E-state index in [1.54, 1.807) is 0 Å². The van der Waals surface area contributed by atoms with Crippen LogP contribution in [-0.4, -0.2) is 48.8 Å². The second-order valence-electron chi connectivity index (χ2n) is 6.70. The molecule has 20 heavy (non-hydrogen) atoms. The van der Waals surface area contributed by atoms with Crippen molar-refractivity contribution in [3.05, 3.63) is 0 Å². The number of rotatable bonds is 7. The van der Waals surface area contributed by atoms with Gasteiger partial charge in [0, 0.05) is 32.8 Å². The Hall–Kier alpha value is -0.770. The lowest BCUT2D eigenvalue weighted by Gasteiger charge is -2.24. The van der Waals surface area contributed by atoms with Crippen LogP contribution >= 0.6 is 0 Å². The highest BCUT2D eigenvalue weighted by Gasteiger charge is 2.30. The molecule has 0 saturated carbocycles. The summed E-state index contributed by atoms with van der Waals surface area (Å²) in [5.41, 5.74) is 0.393. The number of nitrogens with zero attached hydrogens (tertiary/aromatic N) is 2. The average molecular weight is 283 g/mol. The van der Waals surface area contributed by atoms with Gasteiger partial charge in [0.25, 0.3) is 0 Å². The fourth-order valence-electron chi connectivity index (χ4n) is 2.85. The normalized spacial score (nSPS) is 20.2. The lowest BCUT2D eigenvalue weighted by molar-refractivity contribution is 0.253. The van der Waals surface area contributed by atoms with E-state index in [4.69, 9.17) is 10.1 Å². The quantitative estimate of drug-likeness (QED) is 0.557. The van der Waals surface area contributed by atoms with Gasteiger partial charge in [-0.05, 0) is 37.5 Å². The van der Waals surface area contributed by atoms with E-state index in [0.717, 1.165) is 51.4 Å². The fraction of sp³-hybridized carbons (Fsp3) is 0.938. The number of guanidine groups is 1. The third-order valence-electron chi connectivity index (χ3n) is 4.05. The van der Waals surface area contributed by atoms with Gasteiger partial charge >= 0.3 is 0 Å². The van der Waals surface area contributed by atoms with Gasteiger partial charge in [-0.2, -0.15) is 0 Å². The first-order valence-corrected chi connectivity index (χ1v) is 8.16. The molecule has 1 fully saturated rings. The minimum absolute atomic E-state index is 0.271. The molecule has 0 amide bonds. The summed E-state index contributed by atoms with van der Waals surface area (Å²) in [6.07, 6.45) is 4.40. The summed E-state index contributed by atoms with van der Waals surface area (Å²) in [4.78, 5) is 7.20. The van der Waals surface area contributed by atoms with E-state index in [0.29, 0.717) is 11.3 Å². The standard InChI is InChI=1S/C16H33N3O/c1-5-7-14(8-11-20)12-18-15(17-6-2)19-10-9-16(3,4)13-19/h14,20H,5-13H2,1-4H3,(H,17,18). The van der Waals surface area contributed by atoms with Crippen LogP contribution in [0.25, 0.3) is 0 Å². The number of hydrogen-bond acceptors (Lipinski definition) is 2. The lowest BCUT2D eigenvalue weighted by atomic mass is 9.93. The minimum Gasteiger partial charge on any atom is -0.396 e. The van der Waals surface area contributed by atoms with Crippen LogP contribution in [0.15, 0.2) is 4.99 Å². The molecular weight excluding hydrogens is 250 g/mol. The van der Waals surface area contributed by atoms with Crippen molar-refractivity contribution < 1.29 is 5.11 Å². The molecule has 1 heterocycles. The molecule has 0 aromatic heterocycles. The molecule has 1 rings (SSSR count). The predicted octanol–water partition coefficient (Wildman–Crippen LogP) is 2.48. The van der Waals surface area contributed by atoms with E-state index in [-0.39, 0.29) is 6.61 Å². The first-order chi connectivity index (χ1) is 9.52. The largest absolute Gasteiger partial charge is 0.396 e. The van der Waals surface area contributed by atoms with Gasteiger partial charge in [-0.1, -0.05) is 27.2 Å².